The van der Waals surface area contributed by atoms with Crippen LogP contribution < -0.4 is 0 Å². The van der Waals surface area contributed by atoms with Crippen molar-refractivity contribution in [2.75, 3.05) is 20.7 Å². The van der Waals surface area contributed by atoms with Gasteiger partial charge in [-0.2, -0.15) is 0 Å². The predicted molar refractivity (Wildman–Crippen MR) is 51.6 cm³/mol. The summed E-state index contributed by atoms with van der Waals surface area (Å²) in [6.07, 6.45) is 0.708. The van der Waals surface area contributed by atoms with Crippen LogP contribution in [0.1, 0.15) is 24.0 Å². The third-order valence-electron chi connectivity index (χ3n) is 2.12. The van der Waals surface area contributed by atoms with Gasteiger partial charge in [0.1, 0.15) is 11.5 Å². The quantitative estimate of drug-likeness (QED) is 0.769. The second kappa shape index (κ2) is 4.44. The Morgan fingerprint density at radius 2 is 2.15 bits per heavy atom. The lowest BCUT2D eigenvalue weighted by Gasteiger charge is -2.21. The van der Waals surface area contributed by atoms with Gasteiger partial charge in [-0.25, -0.2) is 0 Å². The first-order valence-electron chi connectivity index (χ1n) is 4.48. The zero-order valence-corrected chi connectivity index (χ0v) is 8.45. The Morgan fingerprint density at radius 1 is 1.46 bits per heavy atom. The van der Waals surface area contributed by atoms with Crippen LogP contribution in [0.2, 0.25) is 0 Å². The lowest BCUT2D eigenvalue weighted by Crippen LogP contribution is -2.20. The van der Waals surface area contributed by atoms with Gasteiger partial charge < -0.3 is 9.52 Å². The summed E-state index contributed by atoms with van der Waals surface area (Å²) in [5.41, 5.74) is 0. The summed E-state index contributed by atoms with van der Waals surface area (Å²) >= 11 is 0. The molecule has 0 aliphatic rings. The van der Waals surface area contributed by atoms with E-state index < -0.39 is 0 Å². The minimum Gasteiger partial charge on any atom is -0.465 e. The van der Waals surface area contributed by atoms with E-state index in [0.717, 1.165) is 11.5 Å². The van der Waals surface area contributed by atoms with Crippen molar-refractivity contribution in [1.29, 1.82) is 0 Å². The Morgan fingerprint density at radius 3 is 2.54 bits per heavy atom. The first kappa shape index (κ1) is 10.3. The highest BCUT2D eigenvalue weighted by molar-refractivity contribution is 5.09. The van der Waals surface area contributed by atoms with Gasteiger partial charge in [0.15, 0.2) is 0 Å². The van der Waals surface area contributed by atoms with Gasteiger partial charge in [0.2, 0.25) is 0 Å². The molecule has 3 nitrogen and oxygen atoms in total. The van der Waals surface area contributed by atoms with Crippen LogP contribution in [0, 0.1) is 6.92 Å². The minimum atomic E-state index is 0.179. The van der Waals surface area contributed by atoms with E-state index in [9.17, 15) is 0 Å². The van der Waals surface area contributed by atoms with Gasteiger partial charge in [0.05, 0.1) is 6.04 Å². The third-order valence-corrected chi connectivity index (χ3v) is 2.12. The van der Waals surface area contributed by atoms with Gasteiger partial charge in [0, 0.05) is 6.61 Å². The normalized spacial score (nSPS) is 13.6. The second-order valence-electron chi connectivity index (χ2n) is 3.44. The Balaban J connectivity index is 2.75. The van der Waals surface area contributed by atoms with Crippen molar-refractivity contribution < 1.29 is 9.52 Å². The zero-order chi connectivity index (χ0) is 9.84. The van der Waals surface area contributed by atoms with E-state index in [-0.39, 0.29) is 12.6 Å². The fourth-order valence-electron chi connectivity index (χ4n) is 1.41. The summed E-state index contributed by atoms with van der Waals surface area (Å²) in [7, 11) is 3.97. The fourth-order valence-corrected chi connectivity index (χ4v) is 1.41. The van der Waals surface area contributed by atoms with Gasteiger partial charge in [-0.1, -0.05) is 0 Å². The van der Waals surface area contributed by atoms with Crippen molar-refractivity contribution in [3.8, 4) is 0 Å². The highest BCUT2D eigenvalue weighted by Crippen LogP contribution is 2.23. The third kappa shape index (κ3) is 2.57. The monoisotopic (exact) mass is 183 g/mol. The van der Waals surface area contributed by atoms with Gasteiger partial charge in [-0.05, 0) is 39.6 Å². The Hall–Kier alpha value is -0.800. The van der Waals surface area contributed by atoms with Crippen LogP contribution in [-0.2, 0) is 0 Å². The van der Waals surface area contributed by atoms with Crippen molar-refractivity contribution in [3.63, 3.8) is 0 Å². The number of aliphatic hydroxyl groups is 1. The molecular weight excluding hydrogens is 166 g/mol. The average molecular weight is 183 g/mol. The minimum absolute atomic E-state index is 0.179. The summed E-state index contributed by atoms with van der Waals surface area (Å²) in [4.78, 5) is 2.05. The van der Waals surface area contributed by atoms with Crippen LogP contribution >= 0.6 is 0 Å². The van der Waals surface area contributed by atoms with E-state index >= 15 is 0 Å². The maximum absolute atomic E-state index is 8.89. The number of rotatable bonds is 4. The summed E-state index contributed by atoms with van der Waals surface area (Å²) < 4.78 is 5.51. The number of aliphatic hydroxyl groups excluding tert-OH is 1. The van der Waals surface area contributed by atoms with Crippen molar-refractivity contribution in [1.82, 2.24) is 4.90 Å². The summed E-state index contributed by atoms with van der Waals surface area (Å²) in [5.74, 6) is 1.84. The molecule has 0 saturated carbocycles. The van der Waals surface area contributed by atoms with E-state index in [1.807, 2.05) is 33.2 Å². The molecule has 1 atom stereocenters. The molecule has 1 rings (SSSR count). The molecule has 0 spiro atoms. The molecule has 0 aliphatic carbocycles. The lowest BCUT2D eigenvalue weighted by molar-refractivity contribution is 0.190. The Labute approximate surface area is 79.0 Å². The number of hydrogen-bond donors (Lipinski definition) is 1. The van der Waals surface area contributed by atoms with E-state index in [1.165, 1.54) is 0 Å². The standard InChI is InChI=1S/C10H17NO2/c1-8-4-5-10(13-8)9(6-7-12)11(2)3/h4-5,9,12H,6-7H2,1-3H3. The van der Waals surface area contributed by atoms with E-state index in [0.29, 0.717) is 6.42 Å². The molecule has 0 bridgehead atoms. The molecule has 1 N–H and O–H groups in total. The largest absolute Gasteiger partial charge is 0.465 e. The number of aryl methyl sites for hydroxylation is 1. The number of hydrogen-bond acceptors (Lipinski definition) is 3. The summed E-state index contributed by atoms with van der Waals surface area (Å²) in [6.45, 7) is 2.11. The maximum atomic E-state index is 8.89. The number of nitrogens with zero attached hydrogens (tertiary/aromatic N) is 1. The van der Waals surface area contributed by atoms with Crippen LogP contribution in [0.15, 0.2) is 16.5 Å². The molecule has 1 aromatic rings. The van der Waals surface area contributed by atoms with Crippen LogP contribution in [0.3, 0.4) is 0 Å². The van der Waals surface area contributed by atoms with Crippen LogP contribution in [0.4, 0.5) is 0 Å². The van der Waals surface area contributed by atoms with Crippen LogP contribution in [0.25, 0.3) is 0 Å². The maximum Gasteiger partial charge on any atom is 0.121 e. The molecule has 1 unspecified atom stereocenters. The van der Waals surface area contributed by atoms with E-state index in [4.69, 9.17) is 9.52 Å². The molecule has 3 heteroatoms. The zero-order valence-electron chi connectivity index (χ0n) is 8.45. The van der Waals surface area contributed by atoms with Crippen molar-refractivity contribution in [2.24, 2.45) is 0 Å². The topological polar surface area (TPSA) is 36.6 Å². The Kier molecular flexibility index (Phi) is 3.51. The molecule has 0 amide bonds. The lowest BCUT2D eigenvalue weighted by atomic mass is 10.1. The molecule has 0 radical (unpaired) electrons. The predicted octanol–water partition coefficient (Wildman–Crippen LogP) is 1.57. The van der Waals surface area contributed by atoms with Crippen molar-refractivity contribution in [3.05, 3.63) is 23.7 Å². The van der Waals surface area contributed by atoms with E-state index in [1.54, 1.807) is 0 Å². The van der Waals surface area contributed by atoms with Crippen LogP contribution in [0.5, 0.6) is 0 Å². The van der Waals surface area contributed by atoms with Crippen molar-refractivity contribution >= 4 is 0 Å². The molecule has 0 fully saturated rings. The van der Waals surface area contributed by atoms with Crippen molar-refractivity contribution in [2.45, 2.75) is 19.4 Å². The first-order valence-corrected chi connectivity index (χ1v) is 4.48. The Bertz CT molecular complexity index is 255. The molecule has 74 valence electrons. The molecule has 1 heterocycles. The molecule has 13 heavy (non-hydrogen) atoms. The smallest absolute Gasteiger partial charge is 0.121 e. The molecule has 0 saturated heterocycles. The van der Waals surface area contributed by atoms with Gasteiger partial charge in [-0.3, -0.25) is 4.90 Å². The average Bonchev–Trinajstić information content (AvgIpc) is 2.46. The first-order chi connectivity index (χ1) is 6.15. The second-order valence-corrected chi connectivity index (χ2v) is 3.44. The van der Waals surface area contributed by atoms with E-state index in [2.05, 4.69) is 4.90 Å². The summed E-state index contributed by atoms with van der Waals surface area (Å²) in [5, 5.41) is 8.89. The highest BCUT2D eigenvalue weighted by atomic mass is 16.3. The summed E-state index contributed by atoms with van der Waals surface area (Å²) in [6, 6.07) is 4.09. The molecule has 1 aromatic heterocycles. The fraction of sp³-hybridized carbons (Fsp3) is 0.600. The molecule has 0 aliphatic heterocycles. The van der Waals surface area contributed by atoms with Gasteiger partial charge >= 0.3 is 0 Å². The van der Waals surface area contributed by atoms with Crippen LogP contribution in [-0.4, -0.2) is 30.7 Å². The molecule has 0 aromatic carbocycles. The molecular formula is C10H17NO2. The SMILES string of the molecule is Cc1ccc(C(CCO)N(C)C)o1. The number of furan rings is 1. The van der Waals surface area contributed by atoms with Gasteiger partial charge in [0.25, 0.3) is 0 Å². The highest BCUT2D eigenvalue weighted by Gasteiger charge is 2.16. The van der Waals surface area contributed by atoms with Gasteiger partial charge in [-0.15, -0.1) is 0 Å².